The molecule has 2 aromatic heterocycles. The fourth-order valence-corrected chi connectivity index (χ4v) is 3.46. The van der Waals surface area contributed by atoms with Gasteiger partial charge in [-0.05, 0) is 23.8 Å². The minimum Gasteiger partial charge on any atom is -0.262 e. The zero-order chi connectivity index (χ0) is 17.0. The number of sulfonamides is 1. The Hall–Kier alpha value is -2.29. The van der Waals surface area contributed by atoms with Gasteiger partial charge in [0, 0.05) is 11.2 Å². The number of benzene rings is 1. The summed E-state index contributed by atoms with van der Waals surface area (Å²) in [6, 6.07) is 10.4. The first-order valence-corrected chi connectivity index (χ1v) is 9.09. The highest BCUT2D eigenvalue weighted by Gasteiger charge is 2.14. The van der Waals surface area contributed by atoms with E-state index in [9.17, 15) is 8.42 Å². The lowest BCUT2D eigenvalue weighted by molar-refractivity contribution is 0.579. The number of pyridine rings is 1. The zero-order valence-corrected chi connectivity index (χ0v) is 14.1. The molecular formula is C15H14ClN5O2S. The number of nitrogens with zero attached hydrogens (tertiary/aromatic N) is 4. The number of rotatable bonds is 6. The average Bonchev–Trinajstić information content (AvgIpc) is 3.05. The van der Waals surface area contributed by atoms with Crippen LogP contribution in [0.15, 0.2) is 55.0 Å². The van der Waals surface area contributed by atoms with Gasteiger partial charge in [0.25, 0.3) is 0 Å². The third kappa shape index (κ3) is 4.16. The molecule has 0 unspecified atom stereocenters. The molecule has 0 fully saturated rings. The first-order chi connectivity index (χ1) is 11.5. The number of aromatic nitrogens is 4. The van der Waals surface area contributed by atoms with Crippen LogP contribution in [-0.2, 0) is 22.3 Å². The van der Waals surface area contributed by atoms with Gasteiger partial charge in [0.2, 0.25) is 10.0 Å². The van der Waals surface area contributed by atoms with Gasteiger partial charge in [-0.2, -0.15) is 0 Å². The SMILES string of the molecule is O=S(=O)(Cc1ccccc1Cl)NCc1cn(-c2cccnc2)nn1. The second-order valence-corrected chi connectivity index (χ2v) is 7.25. The van der Waals surface area contributed by atoms with Gasteiger partial charge in [-0.25, -0.2) is 17.8 Å². The standard InChI is InChI=1S/C15H14ClN5O2S/c16-15-6-2-1-4-12(15)11-24(22,23)18-8-13-10-21(20-19-13)14-5-3-7-17-9-14/h1-7,9-10,18H,8,11H2. The van der Waals surface area contributed by atoms with Crippen molar-refractivity contribution in [2.24, 2.45) is 0 Å². The quantitative estimate of drug-likeness (QED) is 0.722. The molecule has 0 saturated carbocycles. The fourth-order valence-electron chi connectivity index (χ4n) is 2.05. The molecule has 0 amide bonds. The van der Waals surface area contributed by atoms with Gasteiger partial charge in [-0.1, -0.05) is 35.0 Å². The minimum atomic E-state index is -3.53. The first kappa shape index (κ1) is 16.6. The van der Waals surface area contributed by atoms with Crippen LogP contribution in [0.1, 0.15) is 11.3 Å². The van der Waals surface area contributed by atoms with Gasteiger partial charge in [0.05, 0.1) is 36.1 Å². The van der Waals surface area contributed by atoms with Crippen LogP contribution in [-0.4, -0.2) is 28.4 Å². The summed E-state index contributed by atoms with van der Waals surface area (Å²) in [5, 5.41) is 8.33. The summed E-state index contributed by atoms with van der Waals surface area (Å²) in [4.78, 5) is 4.00. The molecular weight excluding hydrogens is 350 g/mol. The molecule has 1 N–H and O–H groups in total. The highest BCUT2D eigenvalue weighted by molar-refractivity contribution is 7.88. The second-order valence-electron chi connectivity index (χ2n) is 5.04. The molecule has 0 radical (unpaired) electrons. The summed E-state index contributed by atoms with van der Waals surface area (Å²) in [5.41, 5.74) is 1.79. The van der Waals surface area contributed by atoms with Crippen molar-refractivity contribution in [1.29, 1.82) is 0 Å². The lowest BCUT2D eigenvalue weighted by atomic mass is 10.2. The van der Waals surface area contributed by atoms with Gasteiger partial charge < -0.3 is 0 Å². The Kier molecular flexibility index (Phi) is 4.89. The monoisotopic (exact) mass is 363 g/mol. The normalized spacial score (nSPS) is 11.5. The molecule has 7 nitrogen and oxygen atoms in total. The van der Waals surface area contributed by atoms with E-state index in [-0.39, 0.29) is 12.3 Å². The van der Waals surface area contributed by atoms with Crippen molar-refractivity contribution in [3.8, 4) is 5.69 Å². The molecule has 124 valence electrons. The summed E-state index contributed by atoms with van der Waals surface area (Å²) in [7, 11) is -3.53. The summed E-state index contributed by atoms with van der Waals surface area (Å²) in [5.74, 6) is -0.191. The van der Waals surface area contributed by atoms with E-state index in [1.165, 1.54) is 4.68 Å². The van der Waals surface area contributed by atoms with E-state index in [1.54, 1.807) is 48.9 Å². The molecule has 2 heterocycles. The Bertz CT molecular complexity index is 928. The average molecular weight is 364 g/mol. The van der Waals surface area contributed by atoms with Crippen LogP contribution in [0.3, 0.4) is 0 Å². The van der Waals surface area contributed by atoms with Crippen LogP contribution in [0.2, 0.25) is 5.02 Å². The lowest BCUT2D eigenvalue weighted by Crippen LogP contribution is -2.25. The number of hydrogen-bond acceptors (Lipinski definition) is 5. The molecule has 0 aliphatic rings. The van der Waals surface area contributed by atoms with E-state index >= 15 is 0 Å². The third-order valence-electron chi connectivity index (χ3n) is 3.23. The second kappa shape index (κ2) is 7.08. The highest BCUT2D eigenvalue weighted by atomic mass is 35.5. The topological polar surface area (TPSA) is 89.8 Å². The van der Waals surface area contributed by atoms with E-state index in [4.69, 9.17) is 11.6 Å². The summed E-state index contributed by atoms with van der Waals surface area (Å²) in [6.07, 6.45) is 4.94. The molecule has 0 saturated heterocycles. The van der Waals surface area contributed by atoms with Gasteiger partial charge in [-0.15, -0.1) is 5.10 Å². The highest BCUT2D eigenvalue weighted by Crippen LogP contribution is 2.17. The lowest BCUT2D eigenvalue weighted by Gasteiger charge is -2.06. The van der Waals surface area contributed by atoms with Crippen molar-refractivity contribution in [3.05, 3.63) is 71.3 Å². The zero-order valence-electron chi connectivity index (χ0n) is 12.5. The van der Waals surface area contributed by atoms with Crippen molar-refractivity contribution in [2.75, 3.05) is 0 Å². The Morgan fingerprint density at radius 3 is 2.75 bits per heavy atom. The van der Waals surface area contributed by atoms with Gasteiger partial charge in [-0.3, -0.25) is 4.98 Å². The molecule has 0 atom stereocenters. The number of halogens is 1. The minimum absolute atomic E-state index is 0.0487. The van der Waals surface area contributed by atoms with Crippen LogP contribution < -0.4 is 4.72 Å². The Labute approximate surface area is 144 Å². The van der Waals surface area contributed by atoms with E-state index in [2.05, 4.69) is 20.0 Å². The van der Waals surface area contributed by atoms with Crippen molar-refractivity contribution < 1.29 is 8.42 Å². The summed E-state index contributed by atoms with van der Waals surface area (Å²) >= 11 is 5.99. The summed E-state index contributed by atoms with van der Waals surface area (Å²) < 4.78 is 28.4. The Morgan fingerprint density at radius 2 is 2.00 bits per heavy atom. The maximum Gasteiger partial charge on any atom is 0.216 e. The molecule has 1 aromatic carbocycles. The molecule has 9 heteroatoms. The Balaban J connectivity index is 1.65. The van der Waals surface area contributed by atoms with Gasteiger partial charge >= 0.3 is 0 Å². The molecule has 0 aliphatic heterocycles. The molecule has 0 spiro atoms. The van der Waals surface area contributed by atoms with Crippen LogP contribution in [0.4, 0.5) is 0 Å². The third-order valence-corrected chi connectivity index (χ3v) is 4.87. The van der Waals surface area contributed by atoms with E-state index in [0.717, 1.165) is 5.69 Å². The molecule has 0 aliphatic carbocycles. The molecule has 0 bridgehead atoms. The van der Waals surface area contributed by atoms with Crippen LogP contribution in [0.5, 0.6) is 0 Å². The van der Waals surface area contributed by atoms with Crippen molar-refractivity contribution >= 4 is 21.6 Å². The molecule has 3 rings (SSSR count). The fraction of sp³-hybridized carbons (Fsp3) is 0.133. The number of nitrogens with one attached hydrogen (secondary N) is 1. The maximum atomic E-state index is 12.2. The van der Waals surface area contributed by atoms with Crippen molar-refractivity contribution in [2.45, 2.75) is 12.3 Å². The van der Waals surface area contributed by atoms with E-state index in [1.807, 2.05) is 6.07 Å². The molecule has 3 aromatic rings. The van der Waals surface area contributed by atoms with Crippen LogP contribution in [0, 0.1) is 0 Å². The first-order valence-electron chi connectivity index (χ1n) is 7.06. The number of hydrogen-bond donors (Lipinski definition) is 1. The van der Waals surface area contributed by atoms with Crippen LogP contribution >= 0.6 is 11.6 Å². The van der Waals surface area contributed by atoms with E-state index < -0.39 is 10.0 Å². The van der Waals surface area contributed by atoms with Crippen molar-refractivity contribution in [3.63, 3.8) is 0 Å². The van der Waals surface area contributed by atoms with Gasteiger partial charge in [0.1, 0.15) is 0 Å². The predicted molar refractivity (Wildman–Crippen MR) is 90.1 cm³/mol. The van der Waals surface area contributed by atoms with Crippen molar-refractivity contribution in [1.82, 2.24) is 24.7 Å². The maximum absolute atomic E-state index is 12.2. The summed E-state index contributed by atoms with van der Waals surface area (Å²) in [6.45, 7) is 0.0487. The Morgan fingerprint density at radius 1 is 1.17 bits per heavy atom. The molecule has 24 heavy (non-hydrogen) atoms. The smallest absolute Gasteiger partial charge is 0.216 e. The van der Waals surface area contributed by atoms with E-state index in [0.29, 0.717) is 16.3 Å². The van der Waals surface area contributed by atoms with Crippen LogP contribution in [0.25, 0.3) is 5.69 Å². The predicted octanol–water partition coefficient (Wildman–Crippen LogP) is 1.94. The largest absolute Gasteiger partial charge is 0.262 e. The van der Waals surface area contributed by atoms with Gasteiger partial charge in [0.15, 0.2) is 0 Å².